The Balaban J connectivity index is 1.71. The highest BCUT2D eigenvalue weighted by molar-refractivity contribution is 7.94. The molecule has 6 nitrogen and oxygen atoms in total. The predicted molar refractivity (Wildman–Crippen MR) is 193 cm³/mol. The second-order valence-electron chi connectivity index (χ2n) is 16.2. The lowest BCUT2D eigenvalue weighted by molar-refractivity contribution is -0.0510. The smallest absolute Gasteiger partial charge is 0.231 e. The van der Waals surface area contributed by atoms with E-state index in [-0.39, 0.29) is 24.2 Å². The van der Waals surface area contributed by atoms with Crippen LogP contribution >= 0.6 is 7.79 Å². The van der Waals surface area contributed by atoms with Crippen molar-refractivity contribution in [2.75, 3.05) is 0 Å². The summed E-state index contributed by atoms with van der Waals surface area (Å²) in [5, 5.41) is 0. The van der Waals surface area contributed by atoms with Crippen molar-refractivity contribution in [3.63, 3.8) is 0 Å². The summed E-state index contributed by atoms with van der Waals surface area (Å²) in [5.41, 5.74) is -3.87. The maximum atomic E-state index is 15.0. The molecule has 4 fully saturated rings. The summed E-state index contributed by atoms with van der Waals surface area (Å²) in [6.45, 7) is 6.60. The summed E-state index contributed by atoms with van der Waals surface area (Å²) in [4.78, 5) is 4.37. The average Bonchev–Trinajstić information content (AvgIpc) is 3.85. The van der Waals surface area contributed by atoms with Gasteiger partial charge in [-0.3, -0.25) is 0 Å². The van der Waals surface area contributed by atoms with E-state index in [4.69, 9.17) is 8.96 Å². The van der Waals surface area contributed by atoms with E-state index in [0.29, 0.717) is 0 Å². The summed E-state index contributed by atoms with van der Waals surface area (Å²) in [5.74, 6) is 0. The first kappa shape index (κ1) is 36.9. The number of rotatable bonds is 11. The van der Waals surface area contributed by atoms with Crippen LogP contribution < -0.4 is 0 Å². The molecule has 0 spiro atoms. The first-order valence-corrected chi connectivity index (χ1v) is 25.5. The Morgan fingerprint density at radius 1 is 0.688 bits per heavy atom. The molecule has 5 aliphatic rings. The minimum Gasteiger partial charge on any atom is -0.231 e. The molecule has 12 heteroatoms. The van der Waals surface area contributed by atoms with Crippen molar-refractivity contribution in [3.8, 4) is 0 Å². The molecule has 6 rings (SSSR count). The zero-order valence-electron chi connectivity index (χ0n) is 29.4. The maximum Gasteiger partial charge on any atom is 0.526 e. The van der Waals surface area contributed by atoms with Gasteiger partial charge in [-0.25, -0.2) is 4.99 Å². The maximum absolute atomic E-state index is 15.0. The molecule has 0 N–H and O–H groups in total. The van der Waals surface area contributed by atoms with Crippen molar-refractivity contribution in [2.24, 2.45) is 4.99 Å². The Bertz CT molecular complexity index is 1290. The zero-order chi connectivity index (χ0) is 34.2. The molecule has 1 aromatic carbocycles. The third-order valence-electron chi connectivity index (χ3n) is 12.0. The van der Waals surface area contributed by atoms with E-state index < -0.39 is 36.4 Å². The fourth-order valence-corrected chi connectivity index (χ4v) is 22.3. The molecule has 0 bridgehead atoms. The van der Waals surface area contributed by atoms with Gasteiger partial charge in [0, 0.05) is 29.7 Å². The highest BCUT2D eigenvalue weighted by atomic mass is 32.2. The van der Waals surface area contributed by atoms with Gasteiger partial charge in [-0.15, -0.1) is 9.34 Å². The van der Waals surface area contributed by atoms with E-state index in [0.717, 1.165) is 140 Å². The van der Waals surface area contributed by atoms with Crippen LogP contribution in [0.25, 0.3) is 0 Å². The van der Waals surface area contributed by atoms with Crippen molar-refractivity contribution < 1.29 is 25.6 Å². The number of aliphatic imine (C=N–C) groups is 1. The lowest BCUT2D eigenvalue weighted by atomic mass is 9.90. The van der Waals surface area contributed by atoms with Gasteiger partial charge >= 0.3 is 23.4 Å². The van der Waals surface area contributed by atoms with Crippen LogP contribution in [0.5, 0.6) is 0 Å². The van der Waals surface area contributed by atoms with Gasteiger partial charge in [-0.05, 0) is 51.4 Å². The molecular weight excluding hydrogens is 671 g/mol. The second-order valence-corrected chi connectivity index (χ2v) is 26.5. The van der Waals surface area contributed by atoms with Crippen LogP contribution in [-0.2, 0) is 14.1 Å². The number of benzene rings is 1. The Labute approximate surface area is 289 Å². The first-order valence-electron chi connectivity index (χ1n) is 19.0. The Hall–Kier alpha value is -0.843. The van der Waals surface area contributed by atoms with Crippen LogP contribution in [0.3, 0.4) is 0 Å². The summed E-state index contributed by atoms with van der Waals surface area (Å²) < 4.78 is 84.6. The van der Waals surface area contributed by atoms with Gasteiger partial charge in [-0.1, -0.05) is 131 Å². The highest BCUT2D eigenvalue weighted by Gasteiger charge is 2.87. The van der Waals surface area contributed by atoms with E-state index in [1.807, 2.05) is 30.3 Å². The van der Waals surface area contributed by atoms with E-state index in [1.54, 1.807) is 0 Å². The van der Waals surface area contributed by atoms with Crippen molar-refractivity contribution >= 4 is 31.7 Å². The minimum atomic E-state index is -5.99. The Kier molecular flexibility index (Phi) is 11.3. The largest absolute Gasteiger partial charge is 0.526 e. The van der Waals surface area contributed by atoms with Gasteiger partial charge < -0.3 is 0 Å². The first-order chi connectivity index (χ1) is 22.8. The Morgan fingerprint density at radius 2 is 1.04 bits per heavy atom. The van der Waals surface area contributed by atoms with Gasteiger partial charge in [0.2, 0.25) is 4.90 Å². The molecule has 4 aliphatic carbocycles. The molecule has 0 saturated heterocycles. The monoisotopic (exact) mass is 728 g/mol. The summed E-state index contributed by atoms with van der Waals surface area (Å²) in [6, 6.07) is 9.74. The summed E-state index contributed by atoms with van der Waals surface area (Å²) in [7, 11) is -12.6. The zero-order valence-corrected chi connectivity index (χ0v) is 32.1. The summed E-state index contributed by atoms with van der Waals surface area (Å²) in [6.07, 6.45) is 19.3. The molecule has 4 saturated carbocycles. The normalized spacial score (nSPS) is 26.6. The van der Waals surface area contributed by atoms with Crippen LogP contribution in [0.4, 0.5) is 13.2 Å². The van der Waals surface area contributed by atoms with Crippen molar-refractivity contribution in [1.29, 1.82) is 0 Å². The molecule has 1 atom stereocenters. The molecule has 1 aromatic rings. The SMILES string of the molecule is C[Si](C)(C)C1([P+](OS(=O)(=O)C(F)(F)F)(N(C2CCCCC2)C2CCCCC2)N(C2CCCCC2)C2CCCCC2)N=C1c1ccccc1. The standard InChI is InChI=1S/C36H58F3N3O3PSSi/c1-48(2,3)35(34(40-35)29-19-9-4-10-20-29)46(45-47(43,44)36(37,38)39,41(30-21-11-5-12-22-30)31-23-13-6-14-24-31)42(32-25-15-7-16-26-32)33-27-17-8-18-28-33/h4,9-10,19-20,30-33H,5-8,11-18,21-28H2,1-3H3/q+1. The molecule has 1 aliphatic heterocycles. The van der Waals surface area contributed by atoms with Crippen LogP contribution in [0, 0.1) is 0 Å². The van der Waals surface area contributed by atoms with Gasteiger partial charge in [0.15, 0.2) is 0 Å². The number of hydrogen-bond donors (Lipinski definition) is 0. The molecular formula is C36H58F3N3O3PSSi+. The van der Waals surface area contributed by atoms with Gasteiger partial charge in [-0.2, -0.15) is 21.6 Å². The van der Waals surface area contributed by atoms with Crippen LogP contribution in [0.1, 0.15) is 134 Å². The number of halogens is 3. The fraction of sp³-hybridized carbons (Fsp3) is 0.806. The third-order valence-corrected chi connectivity index (χ3v) is 23.2. The van der Waals surface area contributed by atoms with Crippen LogP contribution in [-0.4, -0.2) is 66.1 Å². The fourth-order valence-electron chi connectivity index (χ4n) is 9.79. The van der Waals surface area contributed by atoms with Crippen molar-refractivity contribution in [2.45, 2.75) is 183 Å². The van der Waals surface area contributed by atoms with Crippen molar-refractivity contribution in [1.82, 2.24) is 9.34 Å². The van der Waals surface area contributed by atoms with Gasteiger partial charge in [0.05, 0.1) is 0 Å². The molecule has 0 radical (unpaired) electrons. The minimum absolute atomic E-state index is 0.0330. The molecule has 0 amide bonds. The van der Waals surface area contributed by atoms with Crippen LogP contribution in [0.15, 0.2) is 35.3 Å². The molecule has 270 valence electrons. The average molecular weight is 729 g/mol. The molecule has 1 heterocycles. The number of hydrogen-bond acceptors (Lipinski definition) is 6. The van der Waals surface area contributed by atoms with E-state index in [1.165, 1.54) is 0 Å². The van der Waals surface area contributed by atoms with Gasteiger partial charge in [0.1, 0.15) is 13.8 Å². The van der Waals surface area contributed by atoms with Crippen molar-refractivity contribution in [3.05, 3.63) is 35.9 Å². The third kappa shape index (κ3) is 6.88. The number of alkyl halides is 3. The molecule has 0 aromatic heterocycles. The Morgan fingerprint density at radius 3 is 1.35 bits per heavy atom. The topological polar surface area (TPSA) is 62.2 Å². The van der Waals surface area contributed by atoms with Gasteiger partial charge in [0.25, 0.3) is 0 Å². The predicted octanol–water partition coefficient (Wildman–Crippen LogP) is 10.6. The van der Waals surface area contributed by atoms with E-state index in [9.17, 15) is 8.42 Å². The quantitative estimate of drug-likeness (QED) is 0.129. The number of nitrogens with zero attached hydrogens (tertiary/aromatic N) is 3. The highest BCUT2D eigenvalue weighted by Crippen LogP contribution is 2.85. The van der Waals surface area contributed by atoms with E-state index >= 15 is 13.2 Å². The lowest BCUT2D eigenvalue weighted by Crippen LogP contribution is -2.64. The van der Waals surface area contributed by atoms with E-state index in [2.05, 4.69) is 29.0 Å². The second kappa shape index (κ2) is 14.6. The molecule has 48 heavy (non-hydrogen) atoms. The molecule has 1 unspecified atom stereocenters. The van der Waals surface area contributed by atoms with Crippen LogP contribution in [0.2, 0.25) is 19.6 Å². The summed E-state index contributed by atoms with van der Waals surface area (Å²) >= 11 is 0. The lowest BCUT2D eigenvalue weighted by Gasteiger charge is -2.56.